The molecule has 1 heterocycles. The van der Waals surface area contributed by atoms with Crippen LogP contribution in [0.2, 0.25) is 0 Å². The number of nitrogens with zero attached hydrogens (tertiary/aromatic N) is 2. The van der Waals surface area contributed by atoms with E-state index in [1.54, 1.807) is 18.2 Å². The van der Waals surface area contributed by atoms with Crippen LogP contribution in [-0.2, 0) is 6.42 Å². The van der Waals surface area contributed by atoms with Crippen LogP contribution in [0.5, 0.6) is 0 Å². The van der Waals surface area contributed by atoms with Crippen molar-refractivity contribution in [3.63, 3.8) is 0 Å². The van der Waals surface area contributed by atoms with Crippen LogP contribution in [0.3, 0.4) is 0 Å². The molecule has 18 heavy (non-hydrogen) atoms. The van der Waals surface area contributed by atoms with Gasteiger partial charge < -0.3 is 0 Å². The lowest BCUT2D eigenvalue weighted by Gasteiger charge is -2.16. The zero-order chi connectivity index (χ0) is 13.0. The number of nitrogens with one attached hydrogen (secondary N) is 1. The molecule has 0 saturated carbocycles. The van der Waals surface area contributed by atoms with Crippen molar-refractivity contribution in [2.24, 2.45) is 5.84 Å². The third-order valence-electron chi connectivity index (χ3n) is 2.72. The minimum absolute atomic E-state index is 0.281. The van der Waals surface area contributed by atoms with E-state index in [-0.39, 0.29) is 5.82 Å². The molecule has 96 valence electrons. The molecule has 3 N–H and O–H groups in total. The van der Waals surface area contributed by atoms with Crippen molar-refractivity contribution in [1.82, 2.24) is 15.0 Å². The predicted molar refractivity (Wildman–Crippen MR) is 69.5 cm³/mol. The molecule has 0 aliphatic rings. The fourth-order valence-electron chi connectivity index (χ4n) is 1.86. The Balaban J connectivity index is 2.39. The van der Waals surface area contributed by atoms with Gasteiger partial charge in [0.05, 0.1) is 16.6 Å². The first kappa shape index (κ1) is 13.1. The van der Waals surface area contributed by atoms with E-state index in [4.69, 9.17) is 5.84 Å². The zero-order valence-electron chi connectivity index (χ0n) is 10.1. The van der Waals surface area contributed by atoms with E-state index in [1.165, 1.54) is 17.6 Å². The molecular formula is C12H15FN4S. The van der Waals surface area contributed by atoms with Crippen molar-refractivity contribution in [1.29, 1.82) is 0 Å². The predicted octanol–water partition coefficient (Wildman–Crippen LogP) is 2.18. The number of aryl methyl sites for hydroxylation is 1. The van der Waals surface area contributed by atoms with Gasteiger partial charge in [-0.2, -0.15) is 0 Å². The van der Waals surface area contributed by atoms with E-state index < -0.39 is 6.04 Å². The minimum Gasteiger partial charge on any atom is -0.271 e. The molecule has 0 spiro atoms. The Labute approximate surface area is 109 Å². The summed E-state index contributed by atoms with van der Waals surface area (Å²) in [6.45, 7) is 2.07. The highest BCUT2D eigenvalue weighted by molar-refractivity contribution is 7.05. The van der Waals surface area contributed by atoms with Crippen molar-refractivity contribution in [2.75, 3.05) is 0 Å². The van der Waals surface area contributed by atoms with E-state index in [0.29, 0.717) is 5.56 Å². The number of nitrogens with two attached hydrogens (primary N) is 1. The van der Waals surface area contributed by atoms with Crippen molar-refractivity contribution >= 4 is 11.5 Å². The van der Waals surface area contributed by atoms with Crippen LogP contribution in [-0.4, -0.2) is 9.59 Å². The van der Waals surface area contributed by atoms with Crippen LogP contribution in [0, 0.1) is 5.82 Å². The molecule has 0 radical (unpaired) electrons. The van der Waals surface area contributed by atoms with Gasteiger partial charge in [-0.15, -0.1) is 5.10 Å². The maximum absolute atomic E-state index is 13.8. The highest BCUT2D eigenvalue weighted by atomic mass is 32.1. The van der Waals surface area contributed by atoms with Crippen molar-refractivity contribution in [3.05, 3.63) is 46.2 Å². The van der Waals surface area contributed by atoms with Crippen LogP contribution in [0.1, 0.15) is 35.5 Å². The first-order valence-corrected chi connectivity index (χ1v) is 6.57. The first-order valence-electron chi connectivity index (χ1n) is 5.79. The molecule has 0 fully saturated rings. The Hall–Kier alpha value is -1.37. The quantitative estimate of drug-likeness (QED) is 0.643. The average molecular weight is 266 g/mol. The monoisotopic (exact) mass is 266 g/mol. The Morgan fingerprint density at radius 1 is 1.44 bits per heavy atom. The first-order chi connectivity index (χ1) is 8.77. The molecule has 6 heteroatoms. The van der Waals surface area contributed by atoms with Gasteiger partial charge in [0, 0.05) is 5.56 Å². The van der Waals surface area contributed by atoms with Gasteiger partial charge in [0.2, 0.25) is 0 Å². The molecule has 1 aromatic carbocycles. The fraction of sp³-hybridized carbons (Fsp3) is 0.333. The summed E-state index contributed by atoms with van der Waals surface area (Å²) < 4.78 is 17.7. The van der Waals surface area contributed by atoms with Gasteiger partial charge in [0.1, 0.15) is 5.82 Å². The highest BCUT2D eigenvalue weighted by Crippen LogP contribution is 2.28. The summed E-state index contributed by atoms with van der Waals surface area (Å²) in [5.74, 6) is 5.28. The van der Waals surface area contributed by atoms with Crippen LogP contribution in [0.4, 0.5) is 4.39 Å². The van der Waals surface area contributed by atoms with Gasteiger partial charge in [-0.25, -0.2) is 9.82 Å². The number of hydrazine groups is 1. The van der Waals surface area contributed by atoms with Gasteiger partial charge in [-0.1, -0.05) is 36.0 Å². The fourth-order valence-corrected chi connectivity index (χ4v) is 2.64. The van der Waals surface area contributed by atoms with Crippen LogP contribution < -0.4 is 11.3 Å². The summed E-state index contributed by atoms with van der Waals surface area (Å²) in [6, 6.07) is 6.19. The molecule has 0 saturated heterocycles. The molecule has 1 aromatic heterocycles. The maximum atomic E-state index is 13.8. The molecule has 2 aromatic rings. The maximum Gasteiger partial charge on any atom is 0.128 e. The number of rotatable bonds is 5. The van der Waals surface area contributed by atoms with Crippen LogP contribution in [0.15, 0.2) is 24.3 Å². The number of benzene rings is 1. The van der Waals surface area contributed by atoms with Gasteiger partial charge in [0.25, 0.3) is 0 Å². The molecule has 2 rings (SSSR count). The lowest BCUT2D eigenvalue weighted by atomic mass is 10.0. The lowest BCUT2D eigenvalue weighted by molar-refractivity contribution is 0.561. The summed E-state index contributed by atoms with van der Waals surface area (Å²) in [7, 11) is 0. The second-order valence-corrected chi connectivity index (χ2v) is 4.74. The Morgan fingerprint density at radius 3 is 2.89 bits per heavy atom. The van der Waals surface area contributed by atoms with Gasteiger partial charge in [0.15, 0.2) is 0 Å². The molecule has 4 nitrogen and oxygen atoms in total. The summed E-state index contributed by atoms with van der Waals surface area (Å²) in [4.78, 5) is 0.879. The third-order valence-corrected chi connectivity index (χ3v) is 3.55. The molecule has 0 bridgehead atoms. The van der Waals surface area contributed by atoms with E-state index in [2.05, 4.69) is 21.9 Å². The zero-order valence-corrected chi connectivity index (χ0v) is 10.9. The lowest BCUT2D eigenvalue weighted by Crippen LogP contribution is -2.29. The Kier molecular flexibility index (Phi) is 4.35. The summed E-state index contributed by atoms with van der Waals surface area (Å²) in [5.41, 5.74) is 4.05. The number of halogens is 1. The third kappa shape index (κ3) is 2.55. The van der Waals surface area contributed by atoms with Gasteiger partial charge >= 0.3 is 0 Å². The Morgan fingerprint density at radius 2 is 2.22 bits per heavy atom. The molecule has 1 atom stereocenters. The normalized spacial score (nSPS) is 12.6. The number of hydrogen-bond acceptors (Lipinski definition) is 5. The second-order valence-electron chi connectivity index (χ2n) is 3.96. The number of hydrogen-bond donors (Lipinski definition) is 2. The number of aromatic nitrogens is 2. The minimum atomic E-state index is -0.396. The summed E-state index contributed by atoms with van der Waals surface area (Å²) >= 11 is 1.26. The molecule has 0 aliphatic carbocycles. The van der Waals surface area contributed by atoms with E-state index >= 15 is 0 Å². The SMILES string of the molecule is CCCc1nnsc1C(NN)c1ccccc1F. The van der Waals surface area contributed by atoms with Crippen molar-refractivity contribution in [3.8, 4) is 0 Å². The molecular weight excluding hydrogens is 251 g/mol. The summed E-state index contributed by atoms with van der Waals surface area (Å²) in [5, 5.41) is 4.08. The van der Waals surface area contributed by atoms with E-state index in [9.17, 15) is 4.39 Å². The van der Waals surface area contributed by atoms with Crippen LogP contribution in [0.25, 0.3) is 0 Å². The van der Waals surface area contributed by atoms with Crippen LogP contribution >= 0.6 is 11.5 Å². The molecule has 1 unspecified atom stereocenters. The Bertz CT molecular complexity index is 514. The second kappa shape index (κ2) is 5.99. The van der Waals surface area contributed by atoms with E-state index in [0.717, 1.165) is 23.4 Å². The standard InChI is InChI=1S/C12H15FN4S/c1-2-5-10-12(18-17-16-10)11(15-14)8-6-3-4-7-9(8)13/h3-4,6-7,11,15H,2,5,14H2,1H3. The molecule has 0 amide bonds. The van der Waals surface area contributed by atoms with E-state index in [1.807, 2.05) is 0 Å². The largest absolute Gasteiger partial charge is 0.271 e. The highest BCUT2D eigenvalue weighted by Gasteiger charge is 2.22. The topological polar surface area (TPSA) is 63.8 Å². The molecule has 0 aliphatic heterocycles. The van der Waals surface area contributed by atoms with Crippen molar-refractivity contribution < 1.29 is 4.39 Å². The van der Waals surface area contributed by atoms with Gasteiger partial charge in [-0.3, -0.25) is 5.84 Å². The summed E-state index contributed by atoms with van der Waals surface area (Å²) in [6.07, 6.45) is 1.78. The van der Waals surface area contributed by atoms with Crippen molar-refractivity contribution in [2.45, 2.75) is 25.8 Å². The smallest absolute Gasteiger partial charge is 0.128 e. The van der Waals surface area contributed by atoms with Gasteiger partial charge in [-0.05, 0) is 24.0 Å². The average Bonchev–Trinajstić information content (AvgIpc) is 2.82.